The van der Waals surface area contributed by atoms with Crippen LogP contribution in [0.5, 0.6) is 5.75 Å². The number of alkyl halides is 3. The van der Waals surface area contributed by atoms with E-state index in [0.717, 1.165) is 12.8 Å². The van der Waals surface area contributed by atoms with Crippen molar-refractivity contribution in [3.05, 3.63) is 29.8 Å². The molecule has 6 heteroatoms. The molecule has 0 saturated carbocycles. The molecule has 1 aromatic rings. The van der Waals surface area contributed by atoms with Gasteiger partial charge in [0.15, 0.2) is 0 Å². The highest BCUT2D eigenvalue weighted by Gasteiger charge is 2.39. The molecule has 1 aliphatic heterocycles. The molecule has 20 heavy (non-hydrogen) atoms. The van der Waals surface area contributed by atoms with Gasteiger partial charge in [-0.2, -0.15) is 0 Å². The highest BCUT2D eigenvalue weighted by atomic mass is 19.4. The fourth-order valence-electron chi connectivity index (χ4n) is 2.48. The predicted molar refractivity (Wildman–Crippen MR) is 68.3 cm³/mol. The van der Waals surface area contributed by atoms with Crippen molar-refractivity contribution in [2.45, 2.75) is 44.2 Å². The highest BCUT2D eigenvalue weighted by molar-refractivity contribution is 5.37. The van der Waals surface area contributed by atoms with Gasteiger partial charge in [0.2, 0.25) is 0 Å². The second-order valence-corrected chi connectivity index (χ2v) is 5.18. The summed E-state index contributed by atoms with van der Waals surface area (Å²) >= 11 is 0. The van der Waals surface area contributed by atoms with Crippen molar-refractivity contribution in [3.63, 3.8) is 0 Å². The molecule has 2 atom stereocenters. The molecule has 1 fully saturated rings. The van der Waals surface area contributed by atoms with Gasteiger partial charge < -0.3 is 15.2 Å². The van der Waals surface area contributed by atoms with Crippen LogP contribution in [0.25, 0.3) is 0 Å². The first-order chi connectivity index (χ1) is 9.32. The number of halogens is 3. The van der Waals surface area contributed by atoms with Crippen LogP contribution in [-0.4, -0.2) is 18.6 Å². The molecule has 2 unspecified atom stereocenters. The third kappa shape index (κ3) is 3.43. The van der Waals surface area contributed by atoms with E-state index in [0.29, 0.717) is 18.6 Å². The fraction of sp³-hybridized carbons (Fsp3) is 0.571. The molecule has 0 spiro atoms. The summed E-state index contributed by atoms with van der Waals surface area (Å²) in [4.78, 5) is 0. The minimum absolute atomic E-state index is 0.261. The van der Waals surface area contributed by atoms with E-state index < -0.39 is 18.0 Å². The van der Waals surface area contributed by atoms with Crippen LogP contribution in [0.2, 0.25) is 0 Å². The molecule has 112 valence electrons. The van der Waals surface area contributed by atoms with Gasteiger partial charge in [0.1, 0.15) is 5.75 Å². The van der Waals surface area contributed by atoms with Crippen LogP contribution in [-0.2, 0) is 4.74 Å². The zero-order chi connectivity index (χ0) is 14.8. The lowest BCUT2D eigenvalue weighted by Crippen LogP contribution is -2.43. The smallest absolute Gasteiger partial charge is 0.405 e. The van der Waals surface area contributed by atoms with Crippen LogP contribution in [0.3, 0.4) is 0 Å². The molecule has 0 radical (unpaired) electrons. The average Bonchev–Trinajstić information content (AvgIpc) is 2.37. The van der Waals surface area contributed by atoms with E-state index in [2.05, 4.69) is 4.74 Å². The Labute approximate surface area is 115 Å². The van der Waals surface area contributed by atoms with Crippen molar-refractivity contribution in [2.24, 2.45) is 5.73 Å². The van der Waals surface area contributed by atoms with Crippen molar-refractivity contribution in [1.29, 1.82) is 0 Å². The lowest BCUT2D eigenvalue weighted by molar-refractivity contribution is -0.275. The van der Waals surface area contributed by atoms with Gasteiger partial charge in [-0.15, -0.1) is 13.2 Å². The third-order valence-electron chi connectivity index (χ3n) is 3.64. The number of rotatable bonds is 3. The summed E-state index contributed by atoms with van der Waals surface area (Å²) in [7, 11) is 0. The molecule has 2 N–H and O–H groups in total. The van der Waals surface area contributed by atoms with Gasteiger partial charge in [-0.05, 0) is 32.3 Å². The molecule has 0 aromatic heterocycles. The Morgan fingerprint density at radius 2 is 2.00 bits per heavy atom. The first-order valence-corrected chi connectivity index (χ1v) is 6.56. The van der Waals surface area contributed by atoms with E-state index in [9.17, 15) is 13.2 Å². The number of ether oxygens (including phenoxy) is 2. The molecule has 1 heterocycles. The van der Waals surface area contributed by atoms with E-state index in [1.54, 1.807) is 12.1 Å². The van der Waals surface area contributed by atoms with E-state index in [1.807, 2.05) is 6.92 Å². The Kier molecular flexibility index (Phi) is 4.25. The van der Waals surface area contributed by atoms with Crippen molar-refractivity contribution in [3.8, 4) is 5.75 Å². The van der Waals surface area contributed by atoms with Gasteiger partial charge >= 0.3 is 6.36 Å². The van der Waals surface area contributed by atoms with Crippen LogP contribution in [0.15, 0.2) is 24.3 Å². The average molecular weight is 289 g/mol. The monoisotopic (exact) mass is 289 g/mol. The lowest BCUT2D eigenvalue weighted by atomic mass is 9.84. The minimum atomic E-state index is -4.73. The Hall–Kier alpha value is -1.27. The Morgan fingerprint density at radius 3 is 2.60 bits per heavy atom. The molecule has 0 aliphatic carbocycles. The standard InChI is InChI=1S/C14H18F3NO2/c1-13(8-4-5-9-19-13)12(18)10-6-2-3-7-11(10)20-14(15,16)17/h2-3,6-7,12H,4-5,8-9,18H2,1H3. The molecule has 1 aromatic carbocycles. The van der Waals surface area contributed by atoms with Gasteiger partial charge in [-0.1, -0.05) is 18.2 Å². The van der Waals surface area contributed by atoms with Crippen LogP contribution in [0, 0.1) is 0 Å². The second kappa shape index (κ2) is 5.61. The first kappa shape index (κ1) is 15.1. The summed E-state index contributed by atoms with van der Waals surface area (Å²) < 4.78 is 47.0. The van der Waals surface area contributed by atoms with Gasteiger partial charge in [0.25, 0.3) is 0 Å². The molecule has 1 saturated heterocycles. The molecule has 2 rings (SSSR count). The van der Waals surface area contributed by atoms with Crippen molar-refractivity contribution in [2.75, 3.05) is 6.61 Å². The largest absolute Gasteiger partial charge is 0.573 e. The maximum absolute atomic E-state index is 12.4. The van der Waals surface area contributed by atoms with Crippen molar-refractivity contribution < 1.29 is 22.6 Å². The van der Waals surface area contributed by atoms with Crippen LogP contribution >= 0.6 is 0 Å². The molecular formula is C14H18F3NO2. The summed E-state index contributed by atoms with van der Waals surface area (Å²) in [6.07, 6.45) is -2.12. The summed E-state index contributed by atoms with van der Waals surface area (Å²) in [5, 5.41) is 0. The fourth-order valence-corrected chi connectivity index (χ4v) is 2.48. The summed E-state index contributed by atoms with van der Waals surface area (Å²) in [6, 6.07) is 5.29. The van der Waals surface area contributed by atoms with E-state index in [-0.39, 0.29) is 5.75 Å². The maximum atomic E-state index is 12.4. The van der Waals surface area contributed by atoms with E-state index in [1.165, 1.54) is 12.1 Å². The minimum Gasteiger partial charge on any atom is -0.405 e. The third-order valence-corrected chi connectivity index (χ3v) is 3.64. The van der Waals surface area contributed by atoms with E-state index in [4.69, 9.17) is 10.5 Å². The van der Waals surface area contributed by atoms with Crippen LogP contribution in [0.1, 0.15) is 37.8 Å². The normalized spacial score (nSPS) is 25.2. The maximum Gasteiger partial charge on any atom is 0.573 e. The number of hydrogen-bond acceptors (Lipinski definition) is 3. The van der Waals surface area contributed by atoms with Gasteiger partial charge in [-0.25, -0.2) is 0 Å². The zero-order valence-corrected chi connectivity index (χ0v) is 11.2. The summed E-state index contributed by atoms with van der Waals surface area (Å²) in [6.45, 7) is 2.41. The molecular weight excluding hydrogens is 271 g/mol. The molecule has 3 nitrogen and oxygen atoms in total. The summed E-state index contributed by atoms with van der Waals surface area (Å²) in [5.41, 5.74) is 5.80. The van der Waals surface area contributed by atoms with Gasteiger partial charge in [0, 0.05) is 12.2 Å². The number of nitrogens with two attached hydrogens (primary N) is 1. The summed E-state index contributed by atoms with van der Waals surface area (Å²) in [5.74, 6) is -0.261. The zero-order valence-electron chi connectivity index (χ0n) is 11.2. The lowest BCUT2D eigenvalue weighted by Gasteiger charge is -2.39. The van der Waals surface area contributed by atoms with Crippen LogP contribution in [0.4, 0.5) is 13.2 Å². The molecule has 0 bridgehead atoms. The van der Waals surface area contributed by atoms with E-state index >= 15 is 0 Å². The number of hydrogen-bond donors (Lipinski definition) is 1. The SMILES string of the molecule is CC1(C(N)c2ccccc2OC(F)(F)F)CCCCO1. The Bertz CT molecular complexity index is 456. The van der Waals surface area contributed by atoms with Crippen molar-refractivity contribution in [1.82, 2.24) is 0 Å². The first-order valence-electron chi connectivity index (χ1n) is 6.56. The molecule has 1 aliphatic rings. The van der Waals surface area contributed by atoms with Gasteiger partial charge in [0.05, 0.1) is 11.6 Å². The molecule has 0 amide bonds. The highest BCUT2D eigenvalue weighted by Crippen LogP contribution is 2.39. The van der Waals surface area contributed by atoms with Crippen LogP contribution < -0.4 is 10.5 Å². The topological polar surface area (TPSA) is 44.5 Å². The quantitative estimate of drug-likeness (QED) is 0.925. The number of para-hydroxylation sites is 1. The Balaban J connectivity index is 2.27. The number of benzene rings is 1. The van der Waals surface area contributed by atoms with Gasteiger partial charge in [-0.3, -0.25) is 0 Å². The Morgan fingerprint density at radius 1 is 1.30 bits per heavy atom. The predicted octanol–water partition coefficient (Wildman–Crippen LogP) is 3.54. The second-order valence-electron chi connectivity index (χ2n) is 5.18. The van der Waals surface area contributed by atoms with Crippen molar-refractivity contribution >= 4 is 0 Å².